The van der Waals surface area contributed by atoms with Crippen LogP contribution >= 0.6 is 0 Å². The van der Waals surface area contributed by atoms with Gasteiger partial charge in [0.2, 0.25) is 0 Å². The van der Waals surface area contributed by atoms with Crippen LogP contribution in [0.5, 0.6) is 0 Å². The Bertz CT molecular complexity index is 720. The van der Waals surface area contributed by atoms with Gasteiger partial charge in [0.25, 0.3) is 5.91 Å². The zero-order valence-corrected chi connectivity index (χ0v) is 9.29. The Hall–Kier alpha value is -2.76. The molecule has 0 aliphatic rings. The minimum absolute atomic E-state index is 0.174. The quantitative estimate of drug-likeness (QED) is 0.700. The van der Waals surface area contributed by atoms with E-state index in [1.165, 1.54) is 6.20 Å². The molecule has 3 aromatic rings. The highest BCUT2D eigenvalue weighted by molar-refractivity contribution is 6.03. The van der Waals surface area contributed by atoms with Crippen molar-refractivity contribution in [3.05, 3.63) is 42.2 Å². The number of nitrogens with two attached hydrogens (primary N) is 1. The van der Waals surface area contributed by atoms with Crippen molar-refractivity contribution in [1.29, 1.82) is 0 Å². The molecule has 18 heavy (non-hydrogen) atoms. The van der Waals surface area contributed by atoms with Gasteiger partial charge in [0.05, 0.1) is 11.6 Å². The fraction of sp³-hybridized carbons (Fsp3) is 0. The van der Waals surface area contributed by atoms with Gasteiger partial charge in [-0.2, -0.15) is 5.10 Å². The second-order valence-corrected chi connectivity index (χ2v) is 3.76. The molecule has 3 N–H and O–H groups in total. The number of amides is 1. The Balaban J connectivity index is 2.29. The van der Waals surface area contributed by atoms with Crippen molar-refractivity contribution in [3.8, 4) is 11.4 Å². The summed E-state index contributed by atoms with van der Waals surface area (Å²) in [5, 5.41) is 7.09. The van der Waals surface area contributed by atoms with Crippen LogP contribution in [0.25, 0.3) is 22.4 Å². The number of hydrogen-bond donors (Lipinski definition) is 2. The summed E-state index contributed by atoms with van der Waals surface area (Å²) in [6, 6.07) is 9.37. The lowest BCUT2D eigenvalue weighted by Gasteiger charge is -2.02. The third-order valence-corrected chi connectivity index (χ3v) is 2.58. The van der Waals surface area contributed by atoms with Crippen molar-refractivity contribution < 1.29 is 4.79 Å². The third kappa shape index (κ3) is 1.60. The Morgan fingerprint density at radius 1 is 1.17 bits per heavy atom. The number of nitrogens with one attached hydrogen (secondary N) is 1. The van der Waals surface area contributed by atoms with Crippen LogP contribution in [0.4, 0.5) is 0 Å². The zero-order chi connectivity index (χ0) is 12.5. The van der Waals surface area contributed by atoms with Gasteiger partial charge in [0.15, 0.2) is 11.5 Å². The summed E-state index contributed by atoms with van der Waals surface area (Å²) >= 11 is 0. The van der Waals surface area contributed by atoms with Crippen LogP contribution in [-0.2, 0) is 0 Å². The molecule has 0 aliphatic carbocycles. The molecule has 6 nitrogen and oxygen atoms in total. The van der Waals surface area contributed by atoms with Crippen LogP contribution < -0.4 is 5.73 Å². The largest absolute Gasteiger partial charge is 0.364 e. The van der Waals surface area contributed by atoms with Crippen molar-refractivity contribution in [2.75, 3.05) is 0 Å². The molecule has 6 heteroatoms. The van der Waals surface area contributed by atoms with Gasteiger partial charge in [-0.3, -0.25) is 9.89 Å². The summed E-state index contributed by atoms with van der Waals surface area (Å²) in [6.45, 7) is 0. The summed E-state index contributed by atoms with van der Waals surface area (Å²) in [7, 11) is 0. The van der Waals surface area contributed by atoms with Crippen molar-refractivity contribution in [2.45, 2.75) is 0 Å². The van der Waals surface area contributed by atoms with E-state index in [-0.39, 0.29) is 5.69 Å². The molecule has 88 valence electrons. The number of hydrogen-bond acceptors (Lipinski definition) is 4. The summed E-state index contributed by atoms with van der Waals surface area (Å²) in [6.07, 6.45) is 1.49. The van der Waals surface area contributed by atoms with Crippen LogP contribution in [0.3, 0.4) is 0 Å². The lowest BCUT2D eigenvalue weighted by Crippen LogP contribution is -2.14. The van der Waals surface area contributed by atoms with E-state index in [2.05, 4.69) is 20.2 Å². The SMILES string of the molecule is NC(=O)c1nc(-c2ccccc2)nc2[nH]ncc12. The fourth-order valence-corrected chi connectivity index (χ4v) is 1.74. The molecule has 0 bridgehead atoms. The third-order valence-electron chi connectivity index (χ3n) is 2.58. The first-order chi connectivity index (χ1) is 8.75. The average Bonchev–Trinajstić information content (AvgIpc) is 2.86. The highest BCUT2D eigenvalue weighted by atomic mass is 16.1. The number of benzene rings is 1. The zero-order valence-electron chi connectivity index (χ0n) is 9.29. The summed E-state index contributed by atoms with van der Waals surface area (Å²) in [5.74, 6) is -0.151. The lowest BCUT2D eigenvalue weighted by atomic mass is 10.2. The molecule has 0 saturated heterocycles. The molecule has 0 atom stereocenters. The molecule has 0 aliphatic heterocycles. The number of primary amides is 1. The van der Waals surface area contributed by atoms with Crippen molar-refractivity contribution >= 4 is 16.9 Å². The number of H-pyrrole nitrogens is 1. The summed E-state index contributed by atoms with van der Waals surface area (Å²) in [5.41, 5.74) is 6.80. The fourth-order valence-electron chi connectivity index (χ4n) is 1.74. The molecular formula is C12H9N5O. The van der Waals surface area contributed by atoms with E-state index >= 15 is 0 Å². The first-order valence-electron chi connectivity index (χ1n) is 5.32. The van der Waals surface area contributed by atoms with Gasteiger partial charge >= 0.3 is 0 Å². The van der Waals surface area contributed by atoms with E-state index in [4.69, 9.17) is 5.73 Å². The van der Waals surface area contributed by atoms with E-state index in [1.807, 2.05) is 30.3 Å². The Morgan fingerprint density at radius 2 is 1.94 bits per heavy atom. The number of carbonyl (C=O) groups is 1. The van der Waals surface area contributed by atoms with E-state index in [9.17, 15) is 4.79 Å². The summed E-state index contributed by atoms with van der Waals surface area (Å²) in [4.78, 5) is 19.9. The first kappa shape index (κ1) is 10.4. The van der Waals surface area contributed by atoms with Crippen LogP contribution in [0.15, 0.2) is 36.5 Å². The maximum atomic E-state index is 11.4. The molecule has 0 radical (unpaired) electrons. The summed E-state index contributed by atoms with van der Waals surface area (Å²) < 4.78 is 0. The van der Waals surface area contributed by atoms with Gasteiger partial charge in [-0.1, -0.05) is 30.3 Å². The molecule has 2 heterocycles. The van der Waals surface area contributed by atoms with E-state index in [0.717, 1.165) is 5.56 Å². The maximum Gasteiger partial charge on any atom is 0.268 e. The Morgan fingerprint density at radius 3 is 2.67 bits per heavy atom. The number of aromatic amines is 1. The maximum absolute atomic E-state index is 11.4. The normalized spacial score (nSPS) is 10.7. The highest BCUT2D eigenvalue weighted by Gasteiger charge is 2.14. The van der Waals surface area contributed by atoms with Crippen molar-refractivity contribution in [3.63, 3.8) is 0 Å². The van der Waals surface area contributed by atoms with E-state index in [0.29, 0.717) is 16.9 Å². The highest BCUT2D eigenvalue weighted by Crippen LogP contribution is 2.19. The van der Waals surface area contributed by atoms with Gasteiger partial charge < -0.3 is 5.73 Å². The molecule has 1 aromatic carbocycles. The number of aromatic nitrogens is 4. The van der Waals surface area contributed by atoms with Gasteiger partial charge in [0.1, 0.15) is 5.69 Å². The van der Waals surface area contributed by atoms with Gasteiger partial charge in [0, 0.05) is 5.56 Å². The molecular weight excluding hydrogens is 230 g/mol. The predicted octanol–water partition coefficient (Wildman–Crippen LogP) is 1.12. The van der Waals surface area contributed by atoms with Gasteiger partial charge in [-0.05, 0) is 0 Å². The Labute approximate surface area is 102 Å². The molecule has 0 saturated carbocycles. The van der Waals surface area contributed by atoms with E-state index < -0.39 is 5.91 Å². The number of rotatable bonds is 2. The monoisotopic (exact) mass is 239 g/mol. The van der Waals surface area contributed by atoms with Crippen LogP contribution in [-0.4, -0.2) is 26.1 Å². The molecule has 0 spiro atoms. The molecule has 0 unspecified atom stereocenters. The first-order valence-corrected chi connectivity index (χ1v) is 5.32. The van der Waals surface area contributed by atoms with Crippen LogP contribution in [0, 0.1) is 0 Å². The van der Waals surface area contributed by atoms with Crippen molar-refractivity contribution in [1.82, 2.24) is 20.2 Å². The number of nitrogens with zero attached hydrogens (tertiary/aromatic N) is 3. The van der Waals surface area contributed by atoms with Crippen LogP contribution in [0.1, 0.15) is 10.5 Å². The predicted molar refractivity (Wildman–Crippen MR) is 65.6 cm³/mol. The van der Waals surface area contributed by atoms with Gasteiger partial charge in [-0.25, -0.2) is 9.97 Å². The van der Waals surface area contributed by atoms with Crippen LogP contribution in [0.2, 0.25) is 0 Å². The molecule has 0 fully saturated rings. The minimum atomic E-state index is -0.596. The average molecular weight is 239 g/mol. The molecule has 3 rings (SSSR count). The van der Waals surface area contributed by atoms with Gasteiger partial charge in [-0.15, -0.1) is 0 Å². The molecule has 1 amide bonds. The second kappa shape index (κ2) is 3.92. The van der Waals surface area contributed by atoms with Crippen molar-refractivity contribution in [2.24, 2.45) is 5.73 Å². The number of fused-ring (bicyclic) bond motifs is 1. The standard InChI is InChI=1S/C12H9N5O/c13-10(18)9-8-6-14-17-12(8)16-11(15-9)7-4-2-1-3-5-7/h1-6H,(H2,13,18)(H,14,15,16,17). The number of carbonyl (C=O) groups excluding carboxylic acids is 1. The smallest absolute Gasteiger partial charge is 0.268 e. The minimum Gasteiger partial charge on any atom is -0.364 e. The second-order valence-electron chi connectivity index (χ2n) is 3.76. The topological polar surface area (TPSA) is 97.5 Å². The molecule has 2 aromatic heterocycles. The lowest BCUT2D eigenvalue weighted by molar-refractivity contribution is 0.0997. The Kier molecular flexibility index (Phi) is 2.26. The van der Waals surface area contributed by atoms with E-state index in [1.54, 1.807) is 0 Å².